The van der Waals surface area contributed by atoms with E-state index >= 15 is 0 Å². The number of methoxy groups -OCH3 is 1. The summed E-state index contributed by atoms with van der Waals surface area (Å²) < 4.78 is 12.3. The highest BCUT2D eigenvalue weighted by atomic mass is 127. The van der Waals surface area contributed by atoms with Crippen molar-refractivity contribution in [2.75, 3.05) is 7.11 Å². The molecule has 4 atom stereocenters. The Morgan fingerprint density at radius 1 is 1.12 bits per heavy atom. The highest BCUT2D eigenvalue weighted by Gasteiger charge is 2.59. The van der Waals surface area contributed by atoms with Gasteiger partial charge in [0.25, 0.3) is 11.8 Å². The van der Waals surface area contributed by atoms with Gasteiger partial charge < -0.3 is 9.47 Å². The van der Waals surface area contributed by atoms with E-state index in [1.54, 1.807) is 25.3 Å². The van der Waals surface area contributed by atoms with Crippen molar-refractivity contribution in [3.63, 3.8) is 0 Å². The molecule has 0 aromatic heterocycles. The average molecular weight is 597 g/mol. The number of imide groups is 1. The minimum atomic E-state index is -0.269. The number of hydrazone groups is 1. The summed E-state index contributed by atoms with van der Waals surface area (Å²) in [6, 6.07) is 8.83. The predicted octanol–water partition coefficient (Wildman–Crippen LogP) is 5.33. The third kappa shape index (κ3) is 4.04. The van der Waals surface area contributed by atoms with E-state index in [2.05, 4.69) is 39.8 Å². The van der Waals surface area contributed by atoms with Gasteiger partial charge in [-0.05, 0) is 70.7 Å². The van der Waals surface area contributed by atoms with E-state index in [0.29, 0.717) is 27.1 Å². The molecule has 1 saturated heterocycles. The molecule has 2 fully saturated rings. The molecule has 2 aliphatic carbocycles. The number of carbonyl (C=O) groups excluding carboxylic acids is 2. The number of hydrogen-bond acceptors (Lipinski definition) is 5. The third-order valence-corrected chi connectivity index (χ3v) is 7.80. The van der Waals surface area contributed by atoms with Crippen LogP contribution in [0.5, 0.6) is 11.5 Å². The van der Waals surface area contributed by atoms with E-state index in [1.807, 2.05) is 12.1 Å². The Hall–Kier alpha value is -2.10. The molecule has 33 heavy (non-hydrogen) atoms. The van der Waals surface area contributed by atoms with Gasteiger partial charge in [-0.3, -0.25) is 9.59 Å². The number of nitrogens with zero attached hydrogens (tertiary/aromatic N) is 2. The molecule has 3 aliphatic rings. The Morgan fingerprint density at radius 3 is 2.45 bits per heavy atom. The minimum absolute atomic E-state index is 0.156. The molecule has 6 nitrogen and oxygen atoms in total. The number of carbonyl (C=O) groups is 2. The second-order valence-electron chi connectivity index (χ2n) is 8.29. The van der Waals surface area contributed by atoms with E-state index in [4.69, 9.17) is 32.7 Å². The van der Waals surface area contributed by atoms with Crippen LogP contribution in [0.4, 0.5) is 0 Å². The summed E-state index contributed by atoms with van der Waals surface area (Å²) >= 11 is 14.3. The largest absolute Gasteiger partial charge is 0.493 e. The van der Waals surface area contributed by atoms with Gasteiger partial charge in [-0.1, -0.05) is 41.4 Å². The summed E-state index contributed by atoms with van der Waals surface area (Å²) in [6.45, 7) is 0.242. The van der Waals surface area contributed by atoms with Gasteiger partial charge in [0.2, 0.25) is 0 Å². The van der Waals surface area contributed by atoms with Crippen LogP contribution in [0.3, 0.4) is 0 Å². The molecule has 0 spiro atoms. The average Bonchev–Trinajstić information content (AvgIpc) is 3.46. The van der Waals surface area contributed by atoms with Crippen molar-refractivity contribution in [2.45, 2.75) is 13.0 Å². The van der Waals surface area contributed by atoms with E-state index < -0.39 is 0 Å². The van der Waals surface area contributed by atoms with Crippen molar-refractivity contribution in [2.24, 2.45) is 28.8 Å². The molecule has 5 rings (SSSR count). The lowest BCUT2D eigenvalue weighted by molar-refractivity contribution is -0.140. The third-order valence-electron chi connectivity index (χ3n) is 6.41. The fourth-order valence-corrected chi connectivity index (χ4v) is 6.11. The lowest BCUT2D eigenvalue weighted by Gasteiger charge is -2.15. The molecular weight excluding hydrogens is 578 g/mol. The van der Waals surface area contributed by atoms with Gasteiger partial charge >= 0.3 is 0 Å². The van der Waals surface area contributed by atoms with Gasteiger partial charge in [-0.25, -0.2) is 0 Å². The molecule has 0 N–H and O–H groups in total. The summed E-state index contributed by atoms with van der Waals surface area (Å²) in [5.74, 6) is 0.425. The number of allylic oxidation sites excluding steroid dienone is 2. The maximum absolute atomic E-state index is 12.8. The topological polar surface area (TPSA) is 68.2 Å². The van der Waals surface area contributed by atoms with Crippen molar-refractivity contribution in [3.05, 3.63) is 67.2 Å². The monoisotopic (exact) mass is 596 g/mol. The van der Waals surface area contributed by atoms with Crippen molar-refractivity contribution in [1.29, 1.82) is 0 Å². The fourth-order valence-electron chi connectivity index (χ4n) is 4.87. The van der Waals surface area contributed by atoms with Crippen molar-refractivity contribution in [3.8, 4) is 11.5 Å². The standard InChI is InChI=1S/C24H19Cl2IN2O4/c1-32-19-7-12(6-18(27)22(19)33-11-15-4-5-16(25)9-17(15)26)10-28-29-23(30)20-13-2-3-14(8-13)21(20)24(29)31/h2-7,9-10,13-14,20-21H,8,11H2,1H3/b28-10-/t13-,14-,20-,21+/m0/s1. The molecule has 2 aromatic rings. The molecular formula is C24H19Cl2IN2O4. The van der Waals surface area contributed by atoms with Crippen LogP contribution in [-0.4, -0.2) is 30.1 Å². The summed E-state index contributed by atoms with van der Waals surface area (Å²) in [4.78, 5) is 25.6. The van der Waals surface area contributed by atoms with Crippen LogP contribution in [0.1, 0.15) is 17.5 Å². The van der Waals surface area contributed by atoms with Gasteiger partial charge in [0.15, 0.2) is 11.5 Å². The Balaban J connectivity index is 1.33. The van der Waals surface area contributed by atoms with E-state index in [0.717, 1.165) is 20.6 Å². The Labute approximate surface area is 214 Å². The van der Waals surface area contributed by atoms with Gasteiger partial charge in [0, 0.05) is 15.6 Å². The summed E-state index contributed by atoms with van der Waals surface area (Å²) in [5, 5.41) is 6.36. The molecule has 170 valence electrons. The Kier molecular flexibility index (Phi) is 6.13. The van der Waals surface area contributed by atoms with Crippen LogP contribution < -0.4 is 9.47 Å². The first-order chi connectivity index (χ1) is 15.9. The van der Waals surface area contributed by atoms with Gasteiger partial charge in [0.1, 0.15) is 6.61 Å². The zero-order valence-electron chi connectivity index (χ0n) is 17.5. The Morgan fingerprint density at radius 2 is 1.82 bits per heavy atom. The normalized spacial score (nSPS) is 25.4. The number of hydrogen-bond donors (Lipinski definition) is 0. The quantitative estimate of drug-likeness (QED) is 0.196. The maximum atomic E-state index is 12.8. The molecule has 1 aliphatic heterocycles. The van der Waals surface area contributed by atoms with Crippen LogP contribution in [0.25, 0.3) is 0 Å². The van der Waals surface area contributed by atoms with Crippen molar-refractivity contribution in [1.82, 2.24) is 5.01 Å². The highest BCUT2D eigenvalue weighted by molar-refractivity contribution is 14.1. The highest BCUT2D eigenvalue weighted by Crippen LogP contribution is 2.52. The zero-order valence-corrected chi connectivity index (χ0v) is 21.2. The van der Waals surface area contributed by atoms with Crippen LogP contribution in [-0.2, 0) is 16.2 Å². The molecule has 1 heterocycles. The number of halogens is 3. The molecule has 2 bridgehead atoms. The first-order valence-corrected chi connectivity index (χ1v) is 12.2. The number of amides is 2. The summed E-state index contributed by atoms with van der Waals surface area (Å²) in [5.41, 5.74) is 1.48. The number of ether oxygens (including phenoxy) is 2. The molecule has 0 unspecified atom stereocenters. The van der Waals surface area contributed by atoms with Crippen LogP contribution in [0, 0.1) is 27.2 Å². The SMILES string of the molecule is COc1cc(/C=N\N2C(=O)[C@@H]3[C@H](C2=O)[C@H]2C=C[C@H]3C2)cc(I)c1OCc1ccc(Cl)cc1Cl. The lowest BCUT2D eigenvalue weighted by atomic mass is 9.85. The summed E-state index contributed by atoms with van der Waals surface area (Å²) in [6.07, 6.45) is 6.53. The summed E-state index contributed by atoms with van der Waals surface area (Å²) in [7, 11) is 1.55. The first kappa shape index (κ1) is 22.7. The van der Waals surface area contributed by atoms with E-state index in [-0.39, 0.29) is 42.1 Å². The maximum Gasteiger partial charge on any atom is 0.254 e. The molecule has 1 saturated carbocycles. The van der Waals surface area contributed by atoms with Crippen LogP contribution >= 0.6 is 45.8 Å². The zero-order chi connectivity index (χ0) is 23.3. The van der Waals surface area contributed by atoms with Gasteiger partial charge in [-0.15, -0.1) is 0 Å². The number of benzene rings is 2. The van der Waals surface area contributed by atoms with Crippen molar-refractivity contribution >= 4 is 63.8 Å². The smallest absolute Gasteiger partial charge is 0.254 e. The lowest BCUT2D eigenvalue weighted by Crippen LogP contribution is -2.28. The molecule has 0 radical (unpaired) electrons. The fraction of sp³-hybridized carbons (Fsp3) is 0.292. The minimum Gasteiger partial charge on any atom is -0.493 e. The molecule has 2 amide bonds. The number of fused-ring (bicyclic) bond motifs is 5. The van der Waals surface area contributed by atoms with E-state index in [9.17, 15) is 9.59 Å². The second-order valence-corrected chi connectivity index (χ2v) is 10.3. The van der Waals surface area contributed by atoms with Crippen LogP contribution in [0.2, 0.25) is 10.0 Å². The first-order valence-electron chi connectivity index (χ1n) is 10.4. The molecule has 2 aromatic carbocycles. The van der Waals surface area contributed by atoms with Crippen LogP contribution in [0.15, 0.2) is 47.6 Å². The predicted molar refractivity (Wildman–Crippen MR) is 134 cm³/mol. The Bertz CT molecular complexity index is 1190. The van der Waals surface area contributed by atoms with E-state index in [1.165, 1.54) is 6.21 Å². The van der Waals surface area contributed by atoms with Crippen molar-refractivity contribution < 1.29 is 19.1 Å². The second kappa shape index (κ2) is 8.92. The molecule has 9 heteroatoms. The van der Waals surface area contributed by atoms with Gasteiger partial charge in [0.05, 0.1) is 28.7 Å². The number of rotatable bonds is 6. The van der Waals surface area contributed by atoms with Gasteiger partial charge in [-0.2, -0.15) is 10.1 Å².